The SMILES string of the molecule is COc1cc(C(C)=O)cnc1Cl. The molecular weight excluding hydrogens is 178 g/mol. The van der Waals surface area contributed by atoms with Gasteiger partial charge in [0.1, 0.15) is 0 Å². The Hall–Kier alpha value is -1.09. The summed E-state index contributed by atoms with van der Waals surface area (Å²) < 4.78 is 4.89. The number of carbonyl (C=O) groups is 1. The van der Waals surface area contributed by atoms with E-state index in [1.807, 2.05) is 0 Å². The van der Waals surface area contributed by atoms with Crippen LogP contribution in [0.4, 0.5) is 0 Å². The first-order valence-corrected chi connectivity index (χ1v) is 3.73. The lowest BCUT2D eigenvalue weighted by molar-refractivity contribution is 0.101. The average molecular weight is 186 g/mol. The third-order valence-corrected chi connectivity index (χ3v) is 1.72. The van der Waals surface area contributed by atoms with E-state index in [-0.39, 0.29) is 10.9 Å². The monoisotopic (exact) mass is 185 g/mol. The van der Waals surface area contributed by atoms with Gasteiger partial charge < -0.3 is 4.74 Å². The number of pyridine rings is 1. The molecule has 0 amide bonds. The van der Waals surface area contributed by atoms with Crippen molar-refractivity contribution < 1.29 is 9.53 Å². The second-order valence-corrected chi connectivity index (χ2v) is 2.63. The molecule has 64 valence electrons. The van der Waals surface area contributed by atoms with Crippen molar-refractivity contribution >= 4 is 17.4 Å². The summed E-state index contributed by atoms with van der Waals surface area (Å²) in [7, 11) is 1.48. The number of hydrogen-bond acceptors (Lipinski definition) is 3. The molecule has 0 bridgehead atoms. The Labute approximate surface area is 75.3 Å². The summed E-state index contributed by atoms with van der Waals surface area (Å²) in [5, 5.41) is 0.266. The highest BCUT2D eigenvalue weighted by atomic mass is 35.5. The third kappa shape index (κ3) is 1.74. The minimum absolute atomic E-state index is 0.0579. The number of ketones is 1. The Kier molecular flexibility index (Phi) is 2.65. The first-order valence-electron chi connectivity index (χ1n) is 3.35. The molecule has 0 saturated heterocycles. The van der Waals surface area contributed by atoms with Crippen LogP contribution in [0.1, 0.15) is 17.3 Å². The number of aromatic nitrogens is 1. The lowest BCUT2D eigenvalue weighted by atomic mass is 10.2. The molecule has 12 heavy (non-hydrogen) atoms. The molecule has 1 rings (SSSR count). The van der Waals surface area contributed by atoms with Crippen LogP contribution >= 0.6 is 11.6 Å². The van der Waals surface area contributed by atoms with Crippen molar-refractivity contribution in [1.29, 1.82) is 0 Å². The number of rotatable bonds is 2. The number of halogens is 1. The summed E-state index contributed by atoms with van der Waals surface area (Å²) in [5.74, 6) is 0.363. The minimum atomic E-state index is -0.0579. The highest BCUT2D eigenvalue weighted by Crippen LogP contribution is 2.22. The van der Waals surface area contributed by atoms with Crippen LogP contribution in [-0.2, 0) is 0 Å². The van der Waals surface area contributed by atoms with Crippen molar-refractivity contribution in [1.82, 2.24) is 4.98 Å². The maximum Gasteiger partial charge on any atom is 0.171 e. The zero-order chi connectivity index (χ0) is 9.14. The Bertz CT molecular complexity index is 312. The quantitative estimate of drug-likeness (QED) is 0.522. The van der Waals surface area contributed by atoms with Gasteiger partial charge in [0.05, 0.1) is 7.11 Å². The molecule has 1 heterocycles. The van der Waals surface area contributed by atoms with Gasteiger partial charge in [-0.3, -0.25) is 4.79 Å². The fraction of sp³-hybridized carbons (Fsp3) is 0.250. The Morgan fingerprint density at radius 3 is 2.83 bits per heavy atom. The number of nitrogens with zero attached hydrogens (tertiary/aromatic N) is 1. The number of carbonyl (C=O) groups excluding carboxylic acids is 1. The van der Waals surface area contributed by atoms with Crippen molar-refractivity contribution in [3.63, 3.8) is 0 Å². The lowest BCUT2D eigenvalue weighted by Gasteiger charge is -2.02. The van der Waals surface area contributed by atoms with E-state index in [9.17, 15) is 4.79 Å². The largest absolute Gasteiger partial charge is 0.494 e. The highest BCUT2D eigenvalue weighted by Gasteiger charge is 2.05. The number of ether oxygens (including phenoxy) is 1. The highest BCUT2D eigenvalue weighted by molar-refractivity contribution is 6.30. The predicted octanol–water partition coefficient (Wildman–Crippen LogP) is 1.95. The summed E-state index contributed by atoms with van der Waals surface area (Å²) in [4.78, 5) is 14.7. The second kappa shape index (κ2) is 3.54. The van der Waals surface area contributed by atoms with Gasteiger partial charge >= 0.3 is 0 Å². The molecule has 0 spiro atoms. The van der Waals surface area contributed by atoms with Crippen LogP contribution in [0, 0.1) is 0 Å². The number of Topliss-reactive ketones (excluding diaryl/α,β-unsaturated/α-hetero) is 1. The van der Waals surface area contributed by atoms with Gasteiger partial charge in [0.2, 0.25) is 0 Å². The van der Waals surface area contributed by atoms with Crippen LogP contribution in [-0.4, -0.2) is 17.9 Å². The molecule has 0 aliphatic heterocycles. The topological polar surface area (TPSA) is 39.2 Å². The zero-order valence-corrected chi connectivity index (χ0v) is 7.55. The van der Waals surface area contributed by atoms with Gasteiger partial charge in [0, 0.05) is 11.8 Å². The minimum Gasteiger partial charge on any atom is -0.494 e. The molecule has 0 atom stereocenters. The van der Waals surface area contributed by atoms with Crippen molar-refractivity contribution in [3.05, 3.63) is 23.0 Å². The number of methoxy groups -OCH3 is 1. The van der Waals surface area contributed by atoms with E-state index >= 15 is 0 Å². The van der Waals surface area contributed by atoms with E-state index in [0.29, 0.717) is 11.3 Å². The molecule has 1 aromatic rings. The summed E-state index contributed by atoms with van der Waals surface area (Å²) in [6.45, 7) is 1.46. The fourth-order valence-corrected chi connectivity index (χ4v) is 0.944. The van der Waals surface area contributed by atoms with E-state index in [0.717, 1.165) is 0 Å². The smallest absolute Gasteiger partial charge is 0.171 e. The first-order chi connectivity index (χ1) is 5.65. The summed E-state index contributed by atoms with van der Waals surface area (Å²) in [6, 6.07) is 1.57. The van der Waals surface area contributed by atoms with Gasteiger partial charge in [-0.25, -0.2) is 4.98 Å². The van der Waals surface area contributed by atoms with E-state index < -0.39 is 0 Å². The zero-order valence-electron chi connectivity index (χ0n) is 6.80. The Morgan fingerprint density at radius 2 is 2.33 bits per heavy atom. The Balaban J connectivity index is 3.13. The average Bonchev–Trinajstić information content (AvgIpc) is 2.05. The normalized spacial score (nSPS) is 9.58. The van der Waals surface area contributed by atoms with Crippen molar-refractivity contribution in [3.8, 4) is 5.75 Å². The van der Waals surface area contributed by atoms with Gasteiger partial charge in [0.15, 0.2) is 16.7 Å². The molecule has 3 nitrogen and oxygen atoms in total. The van der Waals surface area contributed by atoms with Gasteiger partial charge in [-0.15, -0.1) is 0 Å². The van der Waals surface area contributed by atoms with Gasteiger partial charge in [0.25, 0.3) is 0 Å². The molecule has 0 aromatic carbocycles. The van der Waals surface area contributed by atoms with E-state index in [2.05, 4.69) is 4.98 Å². The standard InChI is InChI=1S/C8H8ClNO2/c1-5(11)6-3-7(12-2)8(9)10-4-6/h3-4H,1-2H3. The van der Waals surface area contributed by atoms with Crippen LogP contribution in [0.5, 0.6) is 5.75 Å². The van der Waals surface area contributed by atoms with E-state index in [4.69, 9.17) is 16.3 Å². The van der Waals surface area contributed by atoms with Crippen LogP contribution in [0.25, 0.3) is 0 Å². The molecular formula is C8H8ClNO2. The summed E-state index contributed by atoms with van der Waals surface area (Å²) >= 11 is 5.65. The van der Waals surface area contributed by atoms with Crippen LogP contribution in [0.3, 0.4) is 0 Å². The van der Waals surface area contributed by atoms with Gasteiger partial charge in [-0.1, -0.05) is 11.6 Å². The molecule has 0 aliphatic rings. The third-order valence-electron chi connectivity index (χ3n) is 1.43. The van der Waals surface area contributed by atoms with Crippen LogP contribution in [0.15, 0.2) is 12.3 Å². The van der Waals surface area contributed by atoms with Gasteiger partial charge in [-0.2, -0.15) is 0 Å². The summed E-state index contributed by atoms with van der Waals surface area (Å²) in [5.41, 5.74) is 0.497. The lowest BCUT2D eigenvalue weighted by Crippen LogP contribution is -1.95. The van der Waals surface area contributed by atoms with Crippen LogP contribution in [0.2, 0.25) is 5.15 Å². The maximum atomic E-state index is 10.9. The van der Waals surface area contributed by atoms with Crippen molar-refractivity contribution in [2.24, 2.45) is 0 Å². The summed E-state index contributed by atoms with van der Waals surface area (Å²) in [6.07, 6.45) is 1.42. The van der Waals surface area contributed by atoms with Crippen molar-refractivity contribution in [2.75, 3.05) is 7.11 Å². The number of hydrogen-bond donors (Lipinski definition) is 0. The maximum absolute atomic E-state index is 10.9. The molecule has 0 N–H and O–H groups in total. The molecule has 1 aromatic heterocycles. The van der Waals surface area contributed by atoms with Crippen molar-refractivity contribution in [2.45, 2.75) is 6.92 Å². The molecule has 0 saturated carbocycles. The van der Waals surface area contributed by atoms with E-state index in [1.165, 1.54) is 20.2 Å². The molecule has 4 heteroatoms. The van der Waals surface area contributed by atoms with Gasteiger partial charge in [-0.05, 0) is 13.0 Å². The Morgan fingerprint density at radius 1 is 1.67 bits per heavy atom. The molecule has 0 fully saturated rings. The first kappa shape index (κ1) is 9.00. The second-order valence-electron chi connectivity index (χ2n) is 2.27. The molecule has 0 radical (unpaired) electrons. The van der Waals surface area contributed by atoms with E-state index in [1.54, 1.807) is 6.07 Å². The van der Waals surface area contributed by atoms with Crippen LogP contribution < -0.4 is 4.74 Å². The predicted molar refractivity (Wildman–Crippen MR) is 45.8 cm³/mol. The molecule has 0 unspecified atom stereocenters. The molecule has 0 aliphatic carbocycles. The fourth-order valence-electron chi connectivity index (χ4n) is 0.764.